The Morgan fingerprint density at radius 2 is 1.85 bits per heavy atom. The third-order valence-electron chi connectivity index (χ3n) is 1.66. The third kappa shape index (κ3) is 9.98. The minimum Gasteiger partial charge on any atom is -0.130 e. The van der Waals surface area contributed by atoms with Crippen LogP contribution >= 0.6 is 11.6 Å². The summed E-state index contributed by atoms with van der Waals surface area (Å²) < 4.78 is 0. The molecule has 0 rings (SSSR count). The van der Waals surface area contributed by atoms with Crippen molar-refractivity contribution >= 4 is 19.7 Å². The summed E-state index contributed by atoms with van der Waals surface area (Å²) in [7, 11) is -1.21. The predicted octanol–water partition coefficient (Wildman–Crippen LogP) is 4.05. The third-order valence-corrected chi connectivity index (χ3v) is 2.89. The van der Waals surface area contributed by atoms with Gasteiger partial charge in [0.2, 0.25) is 0 Å². The number of alkyl halides is 1. The molecule has 13 heavy (non-hydrogen) atoms. The molecule has 0 N–H and O–H groups in total. The van der Waals surface area contributed by atoms with Crippen LogP contribution in [-0.2, 0) is 0 Å². The maximum absolute atomic E-state index is 6.07. The first-order valence-electron chi connectivity index (χ1n) is 5.12. The van der Waals surface area contributed by atoms with Crippen molar-refractivity contribution in [2.24, 2.45) is 0 Å². The van der Waals surface area contributed by atoms with Gasteiger partial charge in [0, 0.05) is 0 Å². The van der Waals surface area contributed by atoms with Gasteiger partial charge in [-0.25, -0.2) is 0 Å². The van der Waals surface area contributed by atoms with E-state index in [9.17, 15) is 0 Å². The van der Waals surface area contributed by atoms with Gasteiger partial charge in [-0.05, 0) is 6.42 Å². The Morgan fingerprint density at radius 3 is 2.31 bits per heavy atom. The summed E-state index contributed by atoms with van der Waals surface area (Å²) in [4.78, 5) is 0. The minimum atomic E-state index is -1.21. The average molecular weight is 217 g/mol. The predicted molar refractivity (Wildman–Crippen MR) is 64.9 cm³/mol. The van der Waals surface area contributed by atoms with E-state index in [2.05, 4.69) is 38.0 Å². The van der Waals surface area contributed by atoms with Gasteiger partial charge in [0.05, 0.1) is 5.38 Å². The van der Waals surface area contributed by atoms with E-state index in [0.29, 0.717) is 0 Å². The quantitative estimate of drug-likeness (QED) is 0.288. The molecule has 0 heterocycles. The van der Waals surface area contributed by atoms with Crippen LogP contribution < -0.4 is 0 Å². The fourth-order valence-electron chi connectivity index (χ4n) is 0.941. The summed E-state index contributed by atoms with van der Waals surface area (Å²) in [5, 5.41) is 0.0817. The highest BCUT2D eigenvalue weighted by atomic mass is 35.5. The van der Waals surface area contributed by atoms with Crippen LogP contribution in [0.25, 0.3) is 0 Å². The number of hydrogen-bond donors (Lipinski definition) is 0. The summed E-state index contributed by atoms with van der Waals surface area (Å²) in [6.45, 7) is 8.94. The lowest BCUT2D eigenvalue weighted by Gasteiger charge is -2.05. The molecule has 0 nitrogen and oxygen atoms in total. The molecule has 0 bridgehead atoms. The van der Waals surface area contributed by atoms with Gasteiger partial charge in [0.25, 0.3) is 0 Å². The molecular weight excluding hydrogens is 196 g/mol. The van der Waals surface area contributed by atoms with Crippen LogP contribution in [-0.4, -0.2) is 13.5 Å². The van der Waals surface area contributed by atoms with E-state index in [-0.39, 0.29) is 5.38 Å². The molecular formula is C11H21ClSi. The van der Waals surface area contributed by atoms with E-state index in [4.69, 9.17) is 11.6 Å². The van der Waals surface area contributed by atoms with E-state index < -0.39 is 8.07 Å². The summed E-state index contributed by atoms with van der Waals surface area (Å²) >= 11 is 6.07. The second-order valence-electron chi connectivity index (χ2n) is 4.48. The highest BCUT2D eigenvalue weighted by Crippen LogP contribution is 2.08. The monoisotopic (exact) mass is 216 g/mol. The van der Waals surface area contributed by atoms with Crippen molar-refractivity contribution in [3.8, 4) is 11.5 Å². The zero-order valence-corrected chi connectivity index (χ0v) is 11.0. The van der Waals surface area contributed by atoms with E-state index in [1.807, 2.05) is 0 Å². The van der Waals surface area contributed by atoms with Crippen LogP contribution in [0.15, 0.2) is 0 Å². The van der Waals surface area contributed by atoms with Crippen molar-refractivity contribution in [2.75, 3.05) is 0 Å². The zero-order chi connectivity index (χ0) is 10.3. The Kier molecular flexibility index (Phi) is 6.54. The fourth-order valence-corrected chi connectivity index (χ4v) is 1.85. The normalized spacial score (nSPS) is 13.3. The molecule has 0 aliphatic heterocycles. The Balaban J connectivity index is 3.71. The second kappa shape index (κ2) is 6.51. The van der Waals surface area contributed by atoms with Crippen LogP contribution in [0, 0.1) is 11.5 Å². The van der Waals surface area contributed by atoms with Gasteiger partial charge in [-0.3, -0.25) is 0 Å². The molecule has 0 amide bonds. The number of hydrogen-bond acceptors (Lipinski definition) is 0. The maximum atomic E-state index is 6.07. The molecule has 0 fully saturated rings. The first kappa shape index (κ1) is 13.1. The van der Waals surface area contributed by atoms with Gasteiger partial charge in [-0.2, -0.15) is 0 Å². The van der Waals surface area contributed by atoms with Gasteiger partial charge < -0.3 is 0 Å². The summed E-state index contributed by atoms with van der Waals surface area (Å²) in [6.07, 6.45) is 4.79. The maximum Gasteiger partial charge on any atom is 0.129 e. The smallest absolute Gasteiger partial charge is 0.129 e. The molecule has 76 valence electrons. The van der Waals surface area contributed by atoms with Crippen LogP contribution in [0.4, 0.5) is 0 Å². The molecule has 0 radical (unpaired) electrons. The Bertz CT molecular complexity index is 182. The molecule has 0 aliphatic carbocycles. The standard InChI is InChI=1S/C11H21ClSi/c1-5-6-7-8-11(12)9-10-13(2,3)4/h11H,5-8H2,1-4H3. The molecule has 2 heteroatoms. The van der Waals surface area contributed by atoms with Crippen LogP contribution in [0.1, 0.15) is 32.6 Å². The summed E-state index contributed by atoms with van der Waals surface area (Å²) in [6, 6.07) is 0. The topological polar surface area (TPSA) is 0 Å². The lowest BCUT2D eigenvalue weighted by Crippen LogP contribution is -2.17. The average Bonchev–Trinajstić information content (AvgIpc) is 2.00. The second-order valence-corrected chi connectivity index (χ2v) is 9.76. The van der Waals surface area contributed by atoms with E-state index in [0.717, 1.165) is 6.42 Å². The number of unbranched alkanes of at least 4 members (excludes halogenated alkanes) is 2. The highest BCUT2D eigenvalue weighted by molar-refractivity contribution is 6.83. The van der Waals surface area contributed by atoms with Crippen molar-refractivity contribution in [3.05, 3.63) is 0 Å². The Morgan fingerprint density at radius 1 is 1.23 bits per heavy atom. The first-order valence-corrected chi connectivity index (χ1v) is 9.06. The van der Waals surface area contributed by atoms with Crippen molar-refractivity contribution in [1.82, 2.24) is 0 Å². The molecule has 0 saturated heterocycles. The largest absolute Gasteiger partial charge is 0.130 e. The number of halogens is 1. The van der Waals surface area contributed by atoms with Crippen molar-refractivity contribution < 1.29 is 0 Å². The van der Waals surface area contributed by atoms with E-state index in [1.165, 1.54) is 19.3 Å². The Hall–Kier alpha value is 0.0669. The van der Waals surface area contributed by atoms with Crippen LogP contribution in [0.2, 0.25) is 19.6 Å². The van der Waals surface area contributed by atoms with Crippen molar-refractivity contribution in [2.45, 2.75) is 57.6 Å². The van der Waals surface area contributed by atoms with Gasteiger partial charge >= 0.3 is 0 Å². The van der Waals surface area contributed by atoms with Gasteiger partial charge in [-0.15, -0.1) is 17.1 Å². The Labute approximate surface area is 89.1 Å². The highest BCUT2D eigenvalue weighted by Gasteiger charge is 2.08. The van der Waals surface area contributed by atoms with E-state index in [1.54, 1.807) is 0 Å². The summed E-state index contributed by atoms with van der Waals surface area (Å²) in [5.41, 5.74) is 3.31. The minimum absolute atomic E-state index is 0.0817. The van der Waals surface area contributed by atoms with E-state index >= 15 is 0 Å². The molecule has 0 spiro atoms. The number of rotatable bonds is 4. The summed E-state index contributed by atoms with van der Waals surface area (Å²) in [5.74, 6) is 3.16. The van der Waals surface area contributed by atoms with Gasteiger partial charge in [-0.1, -0.05) is 51.7 Å². The molecule has 0 aromatic heterocycles. The molecule has 0 saturated carbocycles. The fraction of sp³-hybridized carbons (Fsp3) is 0.818. The van der Waals surface area contributed by atoms with Crippen molar-refractivity contribution in [3.63, 3.8) is 0 Å². The van der Waals surface area contributed by atoms with Crippen molar-refractivity contribution in [1.29, 1.82) is 0 Å². The molecule has 0 aromatic rings. The SMILES string of the molecule is CCCCCC(Cl)C#C[Si](C)(C)C. The van der Waals surface area contributed by atoms with Crippen LogP contribution in [0.5, 0.6) is 0 Å². The van der Waals surface area contributed by atoms with Gasteiger partial charge in [0.15, 0.2) is 0 Å². The van der Waals surface area contributed by atoms with Gasteiger partial charge in [0.1, 0.15) is 8.07 Å². The first-order chi connectivity index (χ1) is 5.95. The zero-order valence-electron chi connectivity index (χ0n) is 9.28. The molecule has 1 unspecified atom stereocenters. The molecule has 0 aromatic carbocycles. The lowest BCUT2D eigenvalue weighted by atomic mass is 10.2. The molecule has 1 atom stereocenters. The van der Waals surface area contributed by atoms with Crippen LogP contribution in [0.3, 0.4) is 0 Å². The lowest BCUT2D eigenvalue weighted by molar-refractivity contribution is 0.683. The molecule has 0 aliphatic rings.